The highest BCUT2D eigenvalue weighted by atomic mass is 16.7. The lowest BCUT2D eigenvalue weighted by Crippen LogP contribution is -2.53. The van der Waals surface area contributed by atoms with E-state index in [1.807, 2.05) is 0 Å². The molecule has 13 nitrogen and oxygen atoms in total. The second kappa shape index (κ2) is 12.6. The van der Waals surface area contributed by atoms with Crippen LogP contribution in [0, 0.1) is 0 Å². The third-order valence-corrected chi connectivity index (χ3v) is 2.93. The fourth-order valence-electron chi connectivity index (χ4n) is 1.75. The van der Waals surface area contributed by atoms with Crippen LogP contribution < -0.4 is 16.4 Å². The molecule has 0 radical (unpaired) electrons. The average molecular weight is 393 g/mol. The Kier molecular flexibility index (Phi) is 11.3. The van der Waals surface area contributed by atoms with Crippen LogP contribution in [0.15, 0.2) is 0 Å². The van der Waals surface area contributed by atoms with Gasteiger partial charge in [0.25, 0.3) is 6.29 Å². The normalized spacial score (nSPS) is 13.9. The van der Waals surface area contributed by atoms with Crippen molar-refractivity contribution >= 4 is 29.7 Å². The number of rotatable bonds is 14. The first-order chi connectivity index (χ1) is 12.6. The Hall–Kier alpha value is -2.77. The molecule has 0 rings (SSSR count). The molecule has 154 valence electrons. The maximum Gasteiger partial charge on any atom is 0.361 e. The van der Waals surface area contributed by atoms with Crippen LogP contribution in [0.5, 0.6) is 0 Å². The molecule has 0 heterocycles. The monoisotopic (exact) mass is 393 g/mol. The van der Waals surface area contributed by atoms with Gasteiger partial charge < -0.3 is 41.2 Å². The van der Waals surface area contributed by atoms with Crippen molar-refractivity contribution < 1.29 is 48.8 Å². The number of aliphatic carboxylic acids is 3. The fraction of sp³-hybridized carbons (Fsp3) is 0.643. The van der Waals surface area contributed by atoms with Crippen molar-refractivity contribution in [2.45, 2.75) is 38.1 Å². The molecule has 27 heavy (non-hydrogen) atoms. The van der Waals surface area contributed by atoms with Gasteiger partial charge in [0.05, 0.1) is 25.5 Å². The standard InChI is InChI=1S/C14H23N3O10/c1-2-26-14(13(24)25)27-4-3-16-12(23)8(6-10(20)21)17-11(22)7(15)5-9(18)19/h7-8,14H,2-6,15H2,1H3,(H,16,23)(H,17,22)(H,18,19)(H,20,21)(H,24,25)/t7-,8-,14?/m0/s1. The van der Waals surface area contributed by atoms with Gasteiger partial charge in [0.2, 0.25) is 11.8 Å². The van der Waals surface area contributed by atoms with Gasteiger partial charge >= 0.3 is 17.9 Å². The van der Waals surface area contributed by atoms with Crippen LogP contribution in [-0.2, 0) is 33.4 Å². The maximum atomic E-state index is 12.0. The number of nitrogens with two attached hydrogens (primary N) is 1. The number of carboxylic acids is 3. The van der Waals surface area contributed by atoms with Gasteiger partial charge in [-0.15, -0.1) is 0 Å². The van der Waals surface area contributed by atoms with Crippen LogP contribution in [-0.4, -0.2) is 83.2 Å². The fourth-order valence-corrected chi connectivity index (χ4v) is 1.75. The van der Waals surface area contributed by atoms with Crippen molar-refractivity contribution in [2.24, 2.45) is 5.73 Å². The highest BCUT2D eigenvalue weighted by Gasteiger charge is 2.27. The van der Waals surface area contributed by atoms with Crippen LogP contribution >= 0.6 is 0 Å². The molecule has 0 aromatic heterocycles. The lowest BCUT2D eigenvalue weighted by Gasteiger charge is -2.19. The Bertz CT molecular complexity index is 553. The molecule has 7 N–H and O–H groups in total. The number of carboxylic acid groups (broad SMARTS) is 3. The van der Waals surface area contributed by atoms with Gasteiger partial charge in [0.15, 0.2) is 0 Å². The van der Waals surface area contributed by atoms with Gasteiger partial charge in [-0.2, -0.15) is 0 Å². The molecular formula is C14H23N3O10. The van der Waals surface area contributed by atoms with E-state index in [9.17, 15) is 24.0 Å². The molecule has 0 saturated heterocycles. The molecule has 0 spiro atoms. The Morgan fingerprint density at radius 1 is 0.963 bits per heavy atom. The largest absolute Gasteiger partial charge is 0.481 e. The van der Waals surface area contributed by atoms with E-state index in [2.05, 4.69) is 10.6 Å². The highest BCUT2D eigenvalue weighted by Crippen LogP contribution is 1.98. The molecule has 0 bridgehead atoms. The Labute approximate surface area is 153 Å². The first-order valence-corrected chi connectivity index (χ1v) is 7.81. The number of hydrogen-bond acceptors (Lipinski definition) is 8. The maximum absolute atomic E-state index is 12.0. The molecule has 0 fully saturated rings. The first-order valence-electron chi connectivity index (χ1n) is 7.81. The van der Waals surface area contributed by atoms with Gasteiger partial charge in [0, 0.05) is 13.2 Å². The summed E-state index contributed by atoms with van der Waals surface area (Å²) in [6.45, 7) is 1.21. The van der Waals surface area contributed by atoms with Crippen molar-refractivity contribution in [1.29, 1.82) is 0 Å². The highest BCUT2D eigenvalue weighted by molar-refractivity contribution is 5.93. The summed E-state index contributed by atoms with van der Waals surface area (Å²) in [4.78, 5) is 56.0. The van der Waals surface area contributed by atoms with E-state index in [4.69, 9.17) is 30.5 Å². The predicted molar refractivity (Wildman–Crippen MR) is 86.4 cm³/mol. The minimum absolute atomic E-state index is 0.0899. The van der Waals surface area contributed by atoms with Gasteiger partial charge in [-0.3, -0.25) is 19.2 Å². The molecule has 0 aliphatic heterocycles. The smallest absolute Gasteiger partial charge is 0.361 e. The van der Waals surface area contributed by atoms with E-state index >= 15 is 0 Å². The van der Waals surface area contributed by atoms with E-state index in [1.165, 1.54) is 0 Å². The van der Waals surface area contributed by atoms with Crippen molar-refractivity contribution in [3.63, 3.8) is 0 Å². The quantitative estimate of drug-likeness (QED) is 0.132. The molecule has 0 aliphatic carbocycles. The number of amides is 2. The molecular weight excluding hydrogens is 370 g/mol. The van der Waals surface area contributed by atoms with Crippen LogP contribution in [0.4, 0.5) is 0 Å². The van der Waals surface area contributed by atoms with E-state index in [0.29, 0.717) is 0 Å². The molecule has 3 atom stereocenters. The summed E-state index contributed by atoms with van der Waals surface area (Å²) in [7, 11) is 0. The predicted octanol–water partition coefficient (Wildman–Crippen LogP) is -2.67. The van der Waals surface area contributed by atoms with Gasteiger partial charge in [-0.05, 0) is 6.92 Å². The van der Waals surface area contributed by atoms with E-state index < -0.39 is 60.9 Å². The molecule has 1 unspecified atom stereocenters. The van der Waals surface area contributed by atoms with Crippen molar-refractivity contribution in [1.82, 2.24) is 10.6 Å². The molecule has 0 aromatic carbocycles. The zero-order valence-corrected chi connectivity index (χ0v) is 14.5. The Morgan fingerprint density at radius 3 is 2.04 bits per heavy atom. The summed E-state index contributed by atoms with van der Waals surface area (Å²) in [5.41, 5.74) is 5.35. The molecule has 13 heteroatoms. The number of ether oxygens (including phenoxy) is 2. The summed E-state index contributed by atoms with van der Waals surface area (Å²) in [5, 5.41) is 30.6. The summed E-state index contributed by atoms with van der Waals surface area (Å²) in [5.74, 6) is -5.97. The molecule has 0 aliphatic rings. The lowest BCUT2D eigenvalue weighted by atomic mass is 10.1. The van der Waals surface area contributed by atoms with Crippen LogP contribution in [0.2, 0.25) is 0 Å². The summed E-state index contributed by atoms with van der Waals surface area (Å²) in [6.07, 6.45) is -2.99. The van der Waals surface area contributed by atoms with Gasteiger partial charge in [-0.25, -0.2) is 4.79 Å². The Morgan fingerprint density at radius 2 is 1.56 bits per heavy atom. The minimum atomic E-state index is -1.52. The molecule has 0 aromatic rings. The van der Waals surface area contributed by atoms with Gasteiger partial charge in [-0.1, -0.05) is 0 Å². The van der Waals surface area contributed by atoms with Crippen molar-refractivity contribution in [2.75, 3.05) is 19.8 Å². The second-order valence-corrected chi connectivity index (χ2v) is 5.15. The summed E-state index contributed by atoms with van der Waals surface area (Å²) < 4.78 is 9.68. The van der Waals surface area contributed by atoms with Crippen LogP contribution in [0.25, 0.3) is 0 Å². The first kappa shape index (κ1) is 24.2. The summed E-state index contributed by atoms with van der Waals surface area (Å²) in [6, 6.07) is -2.96. The minimum Gasteiger partial charge on any atom is -0.481 e. The average Bonchev–Trinajstić information content (AvgIpc) is 2.55. The second-order valence-electron chi connectivity index (χ2n) is 5.15. The third kappa shape index (κ3) is 10.7. The number of hydrogen-bond donors (Lipinski definition) is 6. The number of nitrogens with one attached hydrogen (secondary N) is 2. The third-order valence-electron chi connectivity index (χ3n) is 2.93. The number of carbonyl (C=O) groups excluding carboxylic acids is 2. The topological polar surface area (TPSA) is 215 Å². The molecule has 2 amide bonds. The zero-order valence-electron chi connectivity index (χ0n) is 14.5. The van der Waals surface area contributed by atoms with Crippen molar-refractivity contribution in [3.8, 4) is 0 Å². The zero-order chi connectivity index (χ0) is 21.0. The van der Waals surface area contributed by atoms with E-state index in [1.54, 1.807) is 6.92 Å². The van der Waals surface area contributed by atoms with Crippen LogP contribution in [0.1, 0.15) is 19.8 Å². The number of carbonyl (C=O) groups is 5. The lowest BCUT2D eigenvalue weighted by molar-refractivity contribution is -0.187. The SMILES string of the molecule is CCOC(OCCNC(=O)[C@H](CC(=O)O)NC(=O)[C@@H](N)CC(=O)O)C(=O)O. The van der Waals surface area contributed by atoms with Gasteiger partial charge in [0.1, 0.15) is 6.04 Å². The van der Waals surface area contributed by atoms with E-state index in [-0.39, 0.29) is 19.8 Å². The summed E-state index contributed by atoms with van der Waals surface area (Å²) >= 11 is 0. The van der Waals surface area contributed by atoms with E-state index in [0.717, 1.165) is 0 Å². The van der Waals surface area contributed by atoms with Crippen molar-refractivity contribution in [3.05, 3.63) is 0 Å². The molecule has 0 saturated carbocycles. The van der Waals surface area contributed by atoms with Crippen LogP contribution in [0.3, 0.4) is 0 Å². The Balaban J connectivity index is 4.61.